The van der Waals surface area contributed by atoms with Crippen molar-refractivity contribution in [2.75, 3.05) is 26.2 Å². The summed E-state index contributed by atoms with van der Waals surface area (Å²) in [6.07, 6.45) is 0.667. The van der Waals surface area contributed by atoms with Gasteiger partial charge >= 0.3 is 5.97 Å². The summed E-state index contributed by atoms with van der Waals surface area (Å²) in [6, 6.07) is -0.193. The van der Waals surface area contributed by atoms with Crippen molar-refractivity contribution < 1.29 is 19.8 Å². The highest BCUT2D eigenvalue weighted by Gasteiger charge is 2.23. The lowest BCUT2D eigenvalue weighted by molar-refractivity contribution is -0.142. The van der Waals surface area contributed by atoms with Gasteiger partial charge in [0.2, 0.25) is 5.91 Å². The molecule has 6 nitrogen and oxygen atoms in total. The van der Waals surface area contributed by atoms with E-state index < -0.39 is 11.9 Å². The van der Waals surface area contributed by atoms with E-state index >= 15 is 0 Å². The molecule has 118 valence electrons. The molecule has 0 aliphatic heterocycles. The Balaban J connectivity index is 4.59. The number of carboxylic acids is 1. The normalized spacial score (nSPS) is 14.3. The van der Waals surface area contributed by atoms with Crippen molar-refractivity contribution in [1.29, 1.82) is 0 Å². The van der Waals surface area contributed by atoms with Gasteiger partial charge in [-0.15, -0.1) is 0 Å². The quantitative estimate of drug-likeness (QED) is 0.546. The van der Waals surface area contributed by atoms with Crippen LogP contribution in [0.1, 0.15) is 34.1 Å². The lowest BCUT2D eigenvalue weighted by atomic mass is 10.1. The molecule has 0 aliphatic rings. The third-order valence-electron chi connectivity index (χ3n) is 3.18. The number of hydrogen-bond donors (Lipinski definition) is 3. The van der Waals surface area contributed by atoms with Crippen molar-refractivity contribution in [2.45, 2.75) is 40.2 Å². The average molecular weight is 288 g/mol. The summed E-state index contributed by atoms with van der Waals surface area (Å²) in [7, 11) is 0. The number of aliphatic hydroxyl groups excluding tert-OH is 1. The number of rotatable bonds is 10. The van der Waals surface area contributed by atoms with Gasteiger partial charge < -0.3 is 15.5 Å². The van der Waals surface area contributed by atoms with Crippen LogP contribution in [0.25, 0.3) is 0 Å². The molecule has 0 aromatic carbocycles. The summed E-state index contributed by atoms with van der Waals surface area (Å²) in [4.78, 5) is 24.6. The molecule has 0 radical (unpaired) electrons. The Labute approximate surface area is 121 Å². The maximum absolute atomic E-state index is 11.9. The van der Waals surface area contributed by atoms with Gasteiger partial charge in [0.1, 0.15) is 0 Å². The molecule has 1 amide bonds. The van der Waals surface area contributed by atoms with Gasteiger partial charge in [0, 0.05) is 19.1 Å². The van der Waals surface area contributed by atoms with Gasteiger partial charge in [0.15, 0.2) is 0 Å². The summed E-state index contributed by atoms with van der Waals surface area (Å²) < 4.78 is 0. The van der Waals surface area contributed by atoms with E-state index in [4.69, 9.17) is 5.11 Å². The van der Waals surface area contributed by atoms with Crippen LogP contribution in [0, 0.1) is 11.8 Å². The molecule has 0 rings (SSSR count). The first-order valence-corrected chi connectivity index (χ1v) is 7.16. The first-order chi connectivity index (χ1) is 9.31. The summed E-state index contributed by atoms with van der Waals surface area (Å²) in [5, 5.41) is 21.1. The molecule has 0 saturated heterocycles. The van der Waals surface area contributed by atoms with Gasteiger partial charge in [-0.3, -0.25) is 14.5 Å². The smallest absolute Gasteiger partial charge is 0.307 e. The Morgan fingerprint density at radius 3 is 2.25 bits per heavy atom. The fourth-order valence-corrected chi connectivity index (χ4v) is 1.83. The minimum atomic E-state index is -0.898. The minimum Gasteiger partial charge on any atom is -0.481 e. The third kappa shape index (κ3) is 7.45. The molecule has 6 heteroatoms. The number of nitrogens with zero attached hydrogens (tertiary/aromatic N) is 1. The summed E-state index contributed by atoms with van der Waals surface area (Å²) in [5.74, 6) is -1.24. The van der Waals surface area contributed by atoms with E-state index in [1.807, 2.05) is 20.8 Å². The molecular weight excluding hydrogens is 260 g/mol. The molecule has 0 fully saturated rings. The predicted molar refractivity (Wildman–Crippen MR) is 77.4 cm³/mol. The average Bonchev–Trinajstić information content (AvgIpc) is 2.37. The van der Waals surface area contributed by atoms with Crippen molar-refractivity contribution >= 4 is 11.9 Å². The standard InChI is InChI=1S/C14H28N2O4/c1-5-12(9-17)16(7-11(4)14(19)20)8-13(18)15-6-10(2)3/h10-12,17H,5-9H2,1-4H3,(H,15,18)(H,19,20). The van der Waals surface area contributed by atoms with Crippen molar-refractivity contribution in [1.82, 2.24) is 10.2 Å². The highest BCUT2D eigenvalue weighted by molar-refractivity contribution is 5.78. The summed E-state index contributed by atoms with van der Waals surface area (Å²) in [5.41, 5.74) is 0. The van der Waals surface area contributed by atoms with E-state index in [2.05, 4.69) is 5.32 Å². The lowest BCUT2D eigenvalue weighted by Crippen LogP contribution is -2.47. The first kappa shape index (κ1) is 18.9. The Hall–Kier alpha value is -1.14. The second kappa shape index (κ2) is 9.72. The van der Waals surface area contributed by atoms with Crippen molar-refractivity contribution in [3.8, 4) is 0 Å². The molecule has 2 unspecified atom stereocenters. The molecule has 20 heavy (non-hydrogen) atoms. The van der Waals surface area contributed by atoms with Crippen molar-refractivity contribution in [3.05, 3.63) is 0 Å². The largest absolute Gasteiger partial charge is 0.481 e. The zero-order valence-corrected chi connectivity index (χ0v) is 12.9. The third-order valence-corrected chi connectivity index (χ3v) is 3.18. The number of carbonyl (C=O) groups is 2. The molecule has 0 aliphatic carbocycles. The zero-order valence-electron chi connectivity index (χ0n) is 12.9. The van der Waals surface area contributed by atoms with Crippen LogP contribution >= 0.6 is 0 Å². The molecule has 3 N–H and O–H groups in total. The van der Waals surface area contributed by atoms with Crippen LogP contribution in [-0.2, 0) is 9.59 Å². The number of aliphatic carboxylic acids is 1. The molecule has 0 bridgehead atoms. The summed E-state index contributed by atoms with van der Waals surface area (Å²) in [6.45, 7) is 8.40. The van der Waals surface area contributed by atoms with Crippen LogP contribution in [0.3, 0.4) is 0 Å². The van der Waals surface area contributed by atoms with E-state index in [0.29, 0.717) is 18.9 Å². The van der Waals surface area contributed by atoms with Crippen molar-refractivity contribution in [3.63, 3.8) is 0 Å². The van der Waals surface area contributed by atoms with Gasteiger partial charge in [0.05, 0.1) is 19.1 Å². The molecular formula is C14H28N2O4. The van der Waals surface area contributed by atoms with E-state index in [1.54, 1.807) is 11.8 Å². The Morgan fingerprint density at radius 2 is 1.85 bits per heavy atom. The maximum atomic E-state index is 11.9. The first-order valence-electron chi connectivity index (χ1n) is 7.16. The highest BCUT2D eigenvalue weighted by atomic mass is 16.4. The molecule has 2 atom stereocenters. The van der Waals surface area contributed by atoms with Gasteiger partial charge in [-0.05, 0) is 12.3 Å². The van der Waals surface area contributed by atoms with E-state index in [1.165, 1.54) is 0 Å². The molecule has 0 aromatic rings. The number of aliphatic hydroxyl groups is 1. The molecule has 0 heterocycles. The Kier molecular flexibility index (Phi) is 9.16. The number of carbonyl (C=O) groups excluding carboxylic acids is 1. The maximum Gasteiger partial charge on any atom is 0.307 e. The predicted octanol–water partition coefficient (Wildman–Crippen LogP) is 0.552. The Morgan fingerprint density at radius 1 is 1.25 bits per heavy atom. The van der Waals surface area contributed by atoms with Gasteiger partial charge in [0.25, 0.3) is 0 Å². The monoisotopic (exact) mass is 288 g/mol. The fraction of sp³-hybridized carbons (Fsp3) is 0.857. The number of hydrogen-bond acceptors (Lipinski definition) is 4. The second-order valence-electron chi connectivity index (χ2n) is 5.61. The molecule has 0 saturated carbocycles. The number of amides is 1. The second-order valence-corrected chi connectivity index (χ2v) is 5.61. The molecule has 0 aromatic heterocycles. The van der Waals surface area contributed by atoms with Crippen LogP contribution in [0.2, 0.25) is 0 Å². The zero-order chi connectivity index (χ0) is 15.7. The van der Waals surface area contributed by atoms with Crippen LogP contribution in [0.5, 0.6) is 0 Å². The number of nitrogens with one attached hydrogen (secondary N) is 1. The highest BCUT2D eigenvalue weighted by Crippen LogP contribution is 2.08. The fourth-order valence-electron chi connectivity index (χ4n) is 1.83. The topological polar surface area (TPSA) is 89.9 Å². The van der Waals surface area contributed by atoms with E-state index in [-0.39, 0.29) is 31.6 Å². The van der Waals surface area contributed by atoms with E-state index in [0.717, 1.165) is 0 Å². The lowest BCUT2D eigenvalue weighted by Gasteiger charge is -2.30. The van der Waals surface area contributed by atoms with E-state index in [9.17, 15) is 14.7 Å². The van der Waals surface area contributed by atoms with Crippen molar-refractivity contribution in [2.24, 2.45) is 11.8 Å². The van der Waals surface area contributed by atoms with Crippen LogP contribution in [0.4, 0.5) is 0 Å². The minimum absolute atomic E-state index is 0.0830. The van der Waals surface area contributed by atoms with Gasteiger partial charge in [-0.25, -0.2) is 0 Å². The summed E-state index contributed by atoms with van der Waals surface area (Å²) >= 11 is 0. The van der Waals surface area contributed by atoms with Gasteiger partial charge in [-0.2, -0.15) is 0 Å². The van der Waals surface area contributed by atoms with Gasteiger partial charge in [-0.1, -0.05) is 27.7 Å². The van der Waals surface area contributed by atoms with Crippen LogP contribution < -0.4 is 5.32 Å². The van der Waals surface area contributed by atoms with Crippen LogP contribution in [-0.4, -0.2) is 59.3 Å². The Bertz CT molecular complexity index is 304. The number of carboxylic acid groups (broad SMARTS) is 1. The SMILES string of the molecule is CCC(CO)N(CC(=O)NCC(C)C)CC(C)C(=O)O. The van der Waals surface area contributed by atoms with Crippen LogP contribution in [0.15, 0.2) is 0 Å². The molecule has 0 spiro atoms.